The van der Waals surface area contributed by atoms with Gasteiger partial charge in [-0.2, -0.15) is 8.78 Å². The number of rotatable bonds is 2. The molecule has 1 aromatic heterocycles. The Morgan fingerprint density at radius 3 is 2.79 bits per heavy atom. The van der Waals surface area contributed by atoms with Crippen molar-refractivity contribution in [3.63, 3.8) is 0 Å². The number of piperidine rings is 1. The zero-order valence-corrected chi connectivity index (χ0v) is 14.1. The summed E-state index contributed by atoms with van der Waals surface area (Å²) in [5.41, 5.74) is 1.09. The summed E-state index contributed by atoms with van der Waals surface area (Å²) in [5.74, 6) is 0.168. The lowest BCUT2D eigenvalue weighted by atomic mass is 9.90. The molecule has 7 heteroatoms. The number of pyridine rings is 1. The Morgan fingerprint density at radius 1 is 1.38 bits per heavy atom. The smallest absolute Gasteiger partial charge is 0.410 e. The molecule has 0 aromatic carbocycles. The summed E-state index contributed by atoms with van der Waals surface area (Å²) in [4.78, 5) is 18.5. The van der Waals surface area contributed by atoms with Crippen molar-refractivity contribution in [1.82, 2.24) is 9.88 Å². The van der Waals surface area contributed by atoms with Gasteiger partial charge in [0.05, 0.1) is 11.7 Å². The fraction of sp³-hybridized carbons (Fsp3) is 0.647. The summed E-state index contributed by atoms with van der Waals surface area (Å²) >= 11 is 0. The summed E-state index contributed by atoms with van der Waals surface area (Å²) < 4.78 is 34.6. The quantitative estimate of drug-likeness (QED) is 0.819. The standard InChI is InChI=1S/C17H22F2N2O3/c1-17(2,3)24-16(22)21-8-4-5-10-9-12-11(14(10)21)6-7-13(20-12)23-15(18)19/h6-7,10,14-15H,4-5,8-9H2,1-3H3/t10-,14-/m1/s1. The first kappa shape index (κ1) is 16.9. The van der Waals surface area contributed by atoms with Crippen LogP contribution < -0.4 is 4.74 Å². The maximum absolute atomic E-state index is 12.5. The molecular weight excluding hydrogens is 318 g/mol. The van der Waals surface area contributed by atoms with Gasteiger partial charge in [0.1, 0.15) is 5.60 Å². The number of amides is 1. The number of hydrogen-bond acceptors (Lipinski definition) is 4. The number of hydrogen-bond donors (Lipinski definition) is 0. The van der Waals surface area contributed by atoms with Crippen LogP contribution in [0.5, 0.6) is 5.88 Å². The minimum Gasteiger partial charge on any atom is -0.444 e. The number of halogens is 2. The SMILES string of the molecule is CC(C)(C)OC(=O)N1CCC[C@@H]2Cc3nc(OC(F)F)ccc3[C@@H]21. The molecule has 24 heavy (non-hydrogen) atoms. The molecule has 0 spiro atoms. The average Bonchev–Trinajstić information content (AvgIpc) is 2.82. The molecule has 0 radical (unpaired) electrons. The van der Waals surface area contributed by atoms with Gasteiger partial charge in [-0.25, -0.2) is 9.78 Å². The van der Waals surface area contributed by atoms with Gasteiger partial charge in [-0.05, 0) is 57.6 Å². The lowest BCUT2D eigenvalue weighted by Gasteiger charge is -2.38. The molecule has 0 saturated carbocycles. The normalized spacial score (nSPS) is 23.0. The Hall–Kier alpha value is -1.92. The summed E-state index contributed by atoms with van der Waals surface area (Å²) in [6.07, 6.45) is 2.21. The fourth-order valence-electron chi connectivity index (χ4n) is 3.57. The monoisotopic (exact) mass is 340 g/mol. The predicted octanol–water partition coefficient (Wildman–Crippen LogP) is 3.93. The van der Waals surface area contributed by atoms with Crippen LogP contribution in [-0.4, -0.2) is 34.7 Å². The second-order valence-electron chi connectivity index (χ2n) is 7.29. The lowest BCUT2D eigenvalue weighted by Crippen LogP contribution is -2.43. The Labute approximate surface area is 139 Å². The van der Waals surface area contributed by atoms with Crippen LogP contribution >= 0.6 is 0 Å². The van der Waals surface area contributed by atoms with E-state index in [9.17, 15) is 13.6 Å². The van der Waals surface area contributed by atoms with Gasteiger partial charge in [-0.3, -0.25) is 0 Å². The topological polar surface area (TPSA) is 51.7 Å². The van der Waals surface area contributed by atoms with E-state index in [1.807, 2.05) is 20.8 Å². The van der Waals surface area contributed by atoms with Crippen molar-refractivity contribution in [3.8, 4) is 5.88 Å². The highest BCUT2D eigenvalue weighted by atomic mass is 19.3. The Balaban J connectivity index is 1.85. The molecule has 5 nitrogen and oxygen atoms in total. The van der Waals surface area contributed by atoms with Gasteiger partial charge in [0.2, 0.25) is 5.88 Å². The number of likely N-dealkylation sites (tertiary alicyclic amines) is 1. The maximum Gasteiger partial charge on any atom is 0.410 e. The maximum atomic E-state index is 12.5. The van der Waals surface area contributed by atoms with Gasteiger partial charge < -0.3 is 14.4 Å². The number of carbonyl (C=O) groups is 1. The summed E-state index contributed by atoms with van der Waals surface area (Å²) in [6, 6.07) is 3.08. The van der Waals surface area contributed by atoms with Crippen LogP contribution in [0.4, 0.5) is 13.6 Å². The molecule has 1 aliphatic heterocycles. The van der Waals surface area contributed by atoms with Gasteiger partial charge in [0.15, 0.2) is 0 Å². The van der Waals surface area contributed by atoms with Crippen LogP contribution in [-0.2, 0) is 11.2 Å². The Bertz CT molecular complexity index is 631. The second-order valence-corrected chi connectivity index (χ2v) is 7.29. The highest BCUT2D eigenvalue weighted by molar-refractivity contribution is 5.69. The molecular formula is C17H22F2N2O3. The molecule has 1 aliphatic carbocycles. The lowest BCUT2D eigenvalue weighted by molar-refractivity contribution is -0.0529. The zero-order chi connectivity index (χ0) is 17.5. The predicted molar refractivity (Wildman–Crippen MR) is 83.0 cm³/mol. The van der Waals surface area contributed by atoms with Gasteiger partial charge in [0.25, 0.3) is 0 Å². The number of ether oxygens (including phenoxy) is 2. The van der Waals surface area contributed by atoms with Crippen molar-refractivity contribution in [2.75, 3.05) is 6.54 Å². The van der Waals surface area contributed by atoms with E-state index in [2.05, 4.69) is 9.72 Å². The van der Waals surface area contributed by atoms with Crippen molar-refractivity contribution in [1.29, 1.82) is 0 Å². The highest BCUT2D eigenvalue weighted by Gasteiger charge is 2.43. The molecule has 1 aromatic rings. The van der Waals surface area contributed by atoms with Crippen molar-refractivity contribution in [3.05, 3.63) is 23.4 Å². The van der Waals surface area contributed by atoms with Gasteiger partial charge in [-0.15, -0.1) is 0 Å². The number of aromatic nitrogens is 1. The molecule has 2 atom stereocenters. The van der Waals surface area contributed by atoms with E-state index in [1.54, 1.807) is 11.0 Å². The van der Waals surface area contributed by atoms with Crippen LogP contribution in [0.1, 0.15) is 50.9 Å². The largest absolute Gasteiger partial charge is 0.444 e. The Morgan fingerprint density at radius 2 is 2.12 bits per heavy atom. The molecule has 0 N–H and O–H groups in total. The molecule has 1 amide bonds. The van der Waals surface area contributed by atoms with Crippen LogP contribution in [0.2, 0.25) is 0 Å². The van der Waals surface area contributed by atoms with Crippen molar-refractivity contribution >= 4 is 6.09 Å². The van der Waals surface area contributed by atoms with Crippen LogP contribution in [0.15, 0.2) is 12.1 Å². The van der Waals surface area contributed by atoms with E-state index < -0.39 is 12.2 Å². The van der Waals surface area contributed by atoms with Crippen molar-refractivity contribution in [2.45, 2.75) is 58.3 Å². The Kier molecular flexibility index (Phi) is 4.36. The van der Waals surface area contributed by atoms with Gasteiger partial charge in [-0.1, -0.05) is 0 Å². The molecule has 0 unspecified atom stereocenters. The second kappa shape index (κ2) is 6.18. The number of alkyl halides is 2. The van der Waals surface area contributed by atoms with Crippen LogP contribution in [0.25, 0.3) is 0 Å². The number of nitrogens with zero attached hydrogens (tertiary/aromatic N) is 2. The molecule has 2 aliphatic rings. The third-order valence-electron chi connectivity index (χ3n) is 4.35. The van der Waals surface area contributed by atoms with E-state index in [0.29, 0.717) is 13.0 Å². The zero-order valence-electron chi connectivity index (χ0n) is 14.1. The summed E-state index contributed by atoms with van der Waals surface area (Å²) in [7, 11) is 0. The third-order valence-corrected chi connectivity index (χ3v) is 4.35. The highest BCUT2D eigenvalue weighted by Crippen LogP contribution is 2.45. The molecule has 1 saturated heterocycles. The minimum atomic E-state index is -2.89. The third kappa shape index (κ3) is 3.44. The van der Waals surface area contributed by atoms with E-state index >= 15 is 0 Å². The van der Waals surface area contributed by atoms with E-state index in [0.717, 1.165) is 24.1 Å². The fourth-order valence-corrected chi connectivity index (χ4v) is 3.57. The average molecular weight is 340 g/mol. The van der Waals surface area contributed by atoms with Crippen LogP contribution in [0.3, 0.4) is 0 Å². The molecule has 2 heterocycles. The van der Waals surface area contributed by atoms with Gasteiger partial charge in [0, 0.05) is 12.6 Å². The summed E-state index contributed by atoms with van der Waals surface area (Å²) in [5, 5.41) is 0. The molecule has 3 rings (SSSR count). The van der Waals surface area contributed by atoms with Crippen LogP contribution in [0, 0.1) is 5.92 Å². The summed E-state index contributed by atoms with van der Waals surface area (Å²) in [6.45, 7) is 3.25. The molecule has 132 valence electrons. The van der Waals surface area contributed by atoms with Gasteiger partial charge >= 0.3 is 12.7 Å². The first-order chi connectivity index (χ1) is 11.2. The first-order valence-electron chi connectivity index (χ1n) is 8.19. The number of fused-ring (bicyclic) bond motifs is 3. The molecule has 0 bridgehead atoms. The molecule has 1 fully saturated rings. The first-order valence-corrected chi connectivity index (χ1v) is 8.19. The van der Waals surface area contributed by atoms with E-state index in [1.165, 1.54) is 6.07 Å². The van der Waals surface area contributed by atoms with Crippen molar-refractivity contribution in [2.24, 2.45) is 5.92 Å². The van der Waals surface area contributed by atoms with E-state index in [-0.39, 0.29) is 23.9 Å². The van der Waals surface area contributed by atoms with Crippen molar-refractivity contribution < 1.29 is 23.0 Å². The van der Waals surface area contributed by atoms with E-state index in [4.69, 9.17) is 4.74 Å². The number of carbonyl (C=O) groups excluding carboxylic acids is 1. The minimum absolute atomic E-state index is 0.0776.